The Bertz CT molecular complexity index is 626. The van der Waals surface area contributed by atoms with E-state index >= 15 is 0 Å². The number of nitrogens with one attached hydrogen (secondary N) is 1. The molecule has 25 heavy (non-hydrogen) atoms. The molecule has 138 valence electrons. The number of nitrogens with two attached hydrogens (primary N) is 1. The van der Waals surface area contributed by atoms with Gasteiger partial charge in [0.25, 0.3) is 5.91 Å². The lowest BCUT2D eigenvalue weighted by molar-refractivity contribution is -0.171. The van der Waals surface area contributed by atoms with Crippen molar-refractivity contribution in [3.05, 3.63) is 35.4 Å². The zero-order valence-electron chi connectivity index (χ0n) is 15.2. The Kier molecular flexibility index (Phi) is 7.32. The molecule has 2 amide bonds. The molecule has 0 saturated heterocycles. The maximum Gasteiger partial charge on any atom is 0.408 e. The van der Waals surface area contributed by atoms with Gasteiger partial charge in [-0.15, -0.1) is 0 Å². The van der Waals surface area contributed by atoms with Crippen molar-refractivity contribution in [2.45, 2.75) is 38.8 Å². The van der Waals surface area contributed by atoms with Crippen molar-refractivity contribution >= 4 is 29.2 Å². The summed E-state index contributed by atoms with van der Waals surface area (Å²) in [5.41, 5.74) is 6.48. The molecule has 0 aliphatic carbocycles. The summed E-state index contributed by atoms with van der Waals surface area (Å²) in [4.78, 5) is 29.7. The SMILES string of the molecule is CON(C)C(=O)[C@H](Cc1ccc(C(N)=S)cc1)NC(=O)OC(C)(C)C. The van der Waals surface area contributed by atoms with Crippen LogP contribution < -0.4 is 11.1 Å². The van der Waals surface area contributed by atoms with Gasteiger partial charge < -0.3 is 15.8 Å². The average Bonchev–Trinajstić information content (AvgIpc) is 2.51. The standard InChI is InChI=1S/C17H25N3O4S/c1-17(2,3)24-16(22)19-13(15(21)20(4)23-5)10-11-6-8-12(9-7-11)14(18)25/h6-9,13H,10H2,1-5H3,(H2,18,25)(H,19,22)/t13-/m0/s1. The molecule has 0 aliphatic heterocycles. The van der Waals surface area contributed by atoms with E-state index in [-0.39, 0.29) is 6.42 Å². The van der Waals surface area contributed by atoms with E-state index in [1.54, 1.807) is 45.0 Å². The summed E-state index contributed by atoms with van der Waals surface area (Å²) in [5, 5.41) is 3.65. The van der Waals surface area contributed by atoms with Crippen LogP contribution >= 0.6 is 12.2 Å². The zero-order valence-corrected chi connectivity index (χ0v) is 16.0. The van der Waals surface area contributed by atoms with Crippen molar-refractivity contribution in [1.29, 1.82) is 0 Å². The number of likely N-dealkylation sites (N-methyl/N-ethyl adjacent to an activating group) is 1. The number of nitrogens with zero attached hydrogens (tertiary/aromatic N) is 1. The minimum Gasteiger partial charge on any atom is -0.444 e. The third-order valence-electron chi connectivity index (χ3n) is 3.25. The minimum atomic E-state index is -0.838. The molecule has 0 spiro atoms. The van der Waals surface area contributed by atoms with Crippen molar-refractivity contribution in [1.82, 2.24) is 10.4 Å². The summed E-state index contributed by atoms with van der Waals surface area (Å²) in [6.45, 7) is 5.25. The number of amides is 2. The highest BCUT2D eigenvalue weighted by Gasteiger charge is 2.27. The minimum absolute atomic E-state index is 0.267. The Hall–Kier alpha value is -2.19. The smallest absolute Gasteiger partial charge is 0.408 e. The predicted octanol–water partition coefficient (Wildman–Crippen LogP) is 1.78. The number of carbonyl (C=O) groups excluding carboxylic acids is 2. The van der Waals surface area contributed by atoms with Gasteiger partial charge in [0.1, 0.15) is 16.6 Å². The Morgan fingerprint density at radius 1 is 1.28 bits per heavy atom. The Morgan fingerprint density at radius 2 is 1.84 bits per heavy atom. The first-order valence-corrected chi connectivity index (χ1v) is 8.14. The molecule has 0 heterocycles. The van der Waals surface area contributed by atoms with Crippen LogP contribution in [0.15, 0.2) is 24.3 Å². The molecule has 1 aromatic carbocycles. The van der Waals surface area contributed by atoms with Gasteiger partial charge in [0.15, 0.2) is 0 Å². The van der Waals surface area contributed by atoms with Crippen molar-refractivity contribution in [2.24, 2.45) is 5.73 Å². The molecule has 1 rings (SSSR count). The van der Waals surface area contributed by atoms with E-state index in [0.29, 0.717) is 4.99 Å². The van der Waals surface area contributed by atoms with Crippen molar-refractivity contribution in [3.63, 3.8) is 0 Å². The second-order valence-corrected chi connectivity index (χ2v) is 6.92. The molecular formula is C17H25N3O4S. The molecule has 0 aliphatic rings. The van der Waals surface area contributed by atoms with Crippen LogP contribution in [0.2, 0.25) is 0 Å². The molecule has 3 N–H and O–H groups in total. The van der Waals surface area contributed by atoms with E-state index in [9.17, 15) is 9.59 Å². The monoisotopic (exact) mass is 367 g/mol. The van der Waals surface area contributed by atoms with E-state index in [0.717, 1.165) is 16.2 Å². The first-order chi connectivity index (χ1) is 11.5. The maximum atomic E-state index is 12.4. The van der Waals surface area contributed by atoms with Gasteiger partial charge in [-0.3, -0.25) is 9.63 Å². The third-order valence-corrected chi connectivity index (χ3v) is 3.49. The van der Waals surface area contributed by atoms with Gasteiger partial charge in [0.2, 0.25) is 0 Å². The van der Waals surface area contributed by atoms with Crippen LogP contribution in [0.3, 0.4) is 0 Å². The summed E-state index contributed by atoms with van der Waals surface area (Å²) in [7, 11) is 2.85. The summed E-state index contributed by atoms with van der Waals surface area (Å²) in [6, 6.07) is 6.31. The summed E-state index contributed by atoms with van der Waals surface area (Å²) < 4.78 is 5.22. The number of hydrogen-bond donors (Lipinski definition) is 2. The molecule has 0 fully saturated rings. The van der Waals surface area contributed by atoms with Gasteiger partial charge in [-0.2, -0.15) is 0 Å². The number of benzene rings is 1. The molecule has 7 nitrogen and oxygen atoms in total. The molecule has 0 bridgehead atoms. The fourth-order valence-corrected chi connectivity index (χ4v) is 2.14. The van der Waals surface area contributed by atoms with Crippen LogP contribution in [0.5, 0.6) is 0 Å². The lowest BCUT2D eigenvalue weighted by Gasteiger charge is -2.25. The Labute approximate surface area is 153 Å². The van der Waals surface area contributed by atoms with Gasteiger partial charge >= 0.3 is 6.09 Å². The van der Waals surface area contributed by atoms with E-state index in [4.69, 9.17) is 27.5 Å². The molecule has 0 saturated carbocycles. The van der Waals surface area contributed by atoms with Crippen LogP contribution in [0.1, 0.15) is 31.9 Å². The van der Waals surface area contributed by atoms with Crippen LogP contribution in [-0.2, 0) is 20.8 Å². The average molecular weight is 367 g/mol. The Morgan fingerprint density at radius 3 is 2.28 bits per heavy atom. The fourth-order valence-electron chi connectivity index (χ4n) is 2.00. The number of thiocarbonyl (C=S) groups is 1. The van der Waals surface area contributed by atoms with Gasteiger partial charge in [-0.25, -0.2) is 9.86 Å². The molecule has 0 unspecified atom stereocenters. The van der Waals surface area contributed by atoms with Gasteiger partial charge in [-0.1, -0.05) is 36.5 Å². The predicted molar refractivity (Wildman–Crippen MR) is 99.0 cm³/mol. The largest absolute Gasteiger partial charge is 0.444 e. The molecular weight excluding hydrogens is 342 g/mol. The number of alkyl carbamates (subject to hydrolysis) is 1. The third kappa shape index (κ3) is 7.06. The summed E-state index contributed by atoms with van der Waals surface area (Å²) in [6.07, 6.45) is -0.404. The Balaban J connectivity index is 2.92. The summed E-state index contributed by atoms with van der Waals surface area (Å²) in [5.74, 6) is -0.396. The second kappa shape index (κ2) is 8.77. The highest BCUT2D eigenvalue weighted by atomic mass is 32.1. The van der Waals surface area contributed by atoms with Gasteiger partial charge in [0, 0.05) is 19.0 Å². The fraction of sp³-hybridized carbons (Fsp3) is 0.471. The molecule has 8 heteroatoms. The van der Waals surface area contributed by atoms with E-state index in [1.807, 2.05) is 0 Å². The molecule has 1 atom stereocenters. The van der Waals surface area contributed by atoms with E-state index in [1.165, 1.54) is 14.2 Å². The highest BCUT2D eigenvalue weighted by molar-refractivity contribution is 7.80. The normalized spacial score (nSPS) is 12.2. The maximum absolute atomic E-state index is 12.4. The van der Waals surface area contributed by atoms with Crippen molar-refractivity contribution in [2.75, 3.05) is 14.2 Å². The number of ether oxygens (including phenoxy) is 1. The van der Waals surface area contributed by atoms with Gasteiger partial charge in [0.05, 0.1) is 7.11 Å². The van der Waals surface area contributed by atoms with Crippen LogP contribution in [-0.4, -0.2) is 47.9 Å². The number of hydrogen-bond acceptors (Lipinski definition) is 5. The first-order valence-electron chi connectivity index (χ1n) is 7.73. The number of carbonyl (C=O) groups is 2. The highest BCUT2D eigenvalue weighted by Crippen LogP contribution is 2.11. The van der Waals surface area contributed by atoms with Gasteiger partial charge in [-0.05, 0) is 26.3 Å². The van der Waals surface area contributed by atoms with Crippen LogP contribution in [0, 0.1) is 0 Å². The first kappa shape index (κ1) is 20.9. The molecule has 0 aromatic heterocycles. The second-order valence-electron chi connectivity index (χ2n) is 6.48. The zero-order chi connectivity index (χ0) is 19.2. The topological polar surface area (TPSA) is 93.9 Å². The molecule has 1 aromatic rings. The molecule has 0 radical (unpaired) electrons. The lowest BCUT2D eigenvalue weighted by Crippen LogP contribution is -2.49. The van der Waals surface area contributed by atoms with E-state index in [2.05, 4.69) is 5.32 Å². The van der Waals surface area contributed by atoms with Crippen LogP contribution in [0.25, 0.3) is 0 Å². The van der Waals surface area contributed by atoms with Crippen LogP contribution in [0.4, 0.5) is 4.79 Å². The lowest BCUT2D eigenvalue weighted by atomic mass is 10.0. The number of hydroxylamine groups is 2. The quantitative estimate of drug-likeness (QED) is 0.588. The van der Waals surface area contributed by atoms with Crippen molar-refractivity contribution < 1.29 is 19.2 Å². The van der Waals surface area contributed by atoms with Crippen molar-refractivity contribution in [3.8, 4) is 0 Å². The number of rotatable bonds is 6. The summed E-state index contributed by atoms with van der Waals surface area (Å²) >= 11 is 4.92. The van der Waals surface area contributed by atoms with E-state index < -0.39 is 23.6 Å².